The highest BCUT2D eigenvalue weighted by molar-refractivity contribution is 6.31. The molecule has 0 aliphatic rings. The largest absolute Gasteiger partial charge is 0.327 e. The van der Waals surface area contributed by atoms with E-state index >= 15 is 0 Å². The van der Waals surface area contributed by atoms with Gasteiger partial charge in [-0.25, -0.2) is 0 Å². The molecule has 0 spiro atoms. The van der Waals surface area contributed by atoms with Crippen molar-refractivity contribution in [2.45, 2.75) is 58.4 Å². The maximum Gasteiger partial charge on any atom is 0.0441 e. The van der Waals surface area contributed by atoms with Crippen molar-refractivity contribution in [2.75, 3.05) is 0 Å². The summed E-state index contributed by atoms with van der Waals surface area (Å²) in [5.74, 6) is 0. The first-order valence-electron chi connectivity index (χ1n) is 6.64. The summed E-state index contributed by atoms with van der Waals surface area (Å²) in [7, 11) is 0. The highest BCUT2D eigenvalue weighted by Crippen LogP contribution is 2.19. The number of aryl methyl sites for hydroxylation is 1. The highest BCUT2D eigenvalue weighted by Gasteiger charge is 2.07. The van der Waals surface area contributed by atoms with Gasteiger partial charge in [0, 0.05) is 11.1 Å². The predicted octanol–water partition coefficient (Wildman–Crippen LogP) is 4.49. The quantitative estimate of drug-likeness (QED) is 0.712. The molecule has 1 atom stereocenters. The molecule has 96 valence electrons. The Labute approximate surface area is 110 Å². The van der Waals surface area contributed by atoms with E-state index in [-0.39, 0.29) is 6.04 Å². The monoisotopic (exact) mass is 253 g/mol. The van der Waals surface area contributed by atoms with E-state index in [1.807, 2.05) is 6.07 Å². The SMILES string of the molecule is CCCCCCC(N)Cc1ccc(C)cc1Cl. The van der Waals surface area contributed by atoms with E-state index in [1.165, 1.54) is 36.8 Å². The highest BCUT2D eigenvalue weighted by atomic mass is 35.5. The second-order valence-electron chi connectivity index (χ2n) is 4.91. The number of hydrogen-bond donors (Lipinski definition) is 1. The molecule has 1 aromatic rings. The van der Waals surface area contributed by atoms with E-state index in [1.54, 1.807) is 0 Å². The Hall–Kier alpha value is -0.530. The van der Waals surface area contributed by atoms with Crippen LogP contribution in [0.3, 0.4) is 0 Å². The minimum absolute atomic E-state index is 0.243. The van der Waals surface area contributed by atoms with Gasteiger partial charge in [0.2, 0.25) is 0 Å². The molecular weight excluding hydrogens is 230 g/mol. The van der Waals surface area contributed by atoms with Gasteiger partial charge in [0.1, 0.15) is 0 Å². The minimum Gasteiger partial charge on any atom is -0.327 e. The maximum atomic E-state index is 6.20. The molecule has 0 saturated carbocycles. The molecule has 1 unspecified atom stereocenters. The van der Waals surface area contributed by atoms with Crippen LogP contribution in [0.1, 0.15) is 50.2 Å². The molecular formula is C15H24ClN. The normalized spacial score (nSPS) is 12.7. The lowest BCUT2D eigenvalue weighted by molar-refractivity contribution is 0.546. The molecule has 0 aliphatic heterocycles. The third kappa shape index (κ3) is 5.56. The van der Waals surface area contributed by atoms with Crippen LogP contribution < -0.4 is 5.73 Å². The average molecular weight is 254 g/mol. The fraction of sp³-hybridized carbons (Fsp3) is 0.600. The third-order valence-corrected chi connectivity index (χ3v) is 3.47. The zero-order valence-electron chi connectivity index (χ0n) is 11.0. The van der Waals surface area contributed by atoms with Crippen LogP contribution in [0, 0.1) is 6.92 Å². The number of halogens is 1. The fourth-order valence-electron chi connectivity index (χ4n) is 2.04. The summed E-state index contributed by atoms with van der Waals surface area (Å²) in [6.45, 7) is 4.28. The molecule has 2 heteroatoms. The van der Waals surface area contributed by atoms with Gasteiger partial charge in [-0.05, 0) is 37.0 Å². The molecule has 1 nitrogen and oxygen atoms in total. The van der Waals surface area contributed by atoms with Gasteiger partial charge in [-0.1, -0.05) is 56.3 Å². The van der Waals surface area contributed by atoms with E-state index in [4.69, 9.17) is 17.3 Å². The molecule has 0 heterocycles. The summed E-state index contributed by atoms with van der Waals surface area (Å²) in [6, 6.07) is 6.46. The Morgan fingerprint density at radius 3 is 2.65 bits per heavy atom. The first kappa shape index (κ1) is 14.5. The Morgan fingerprint density at radius 1 is 1.24 bits per heavy atom. The van der Waals surface area contributed by atoms with Crippen molar-refractivity contribution in [3.05, 3.63) is 34.3 Å². The lowest BCUT2D eigenvalue weighted by atomic mass is 10.00. The second-order valence-corrected chi connectivity index (χ2v) is 5.32. The topological polar surface area (TPSA) is 26.0 Å². The Morgan fingerprint density at radius 2 is 2.00 bits per heavy atom. The van der Waals surface area contributed by atoms with Gasteiger partial charge >= 0.3 is 0 Å². The lowest BCUT2D eigenvalue weighted by Gasteiger charge is -2.13. The van der Waals surface area contributed by atoms with Crippen LogP contribution in [-0.4, -0.2) is 6.04 Å². The van der Waals surface area contributed by atoms with Crippen molar-refractivity contribution >= 4 is 11.6 Å². The van der Waals surface area contributed by atoms with Crippen LogP contribution in [0.5, 0.6) is 0 Å². The molecule has 1 aromatic carbocycles. The predicted molar refractivity (Wildman–Crippen MR) is 76.6 cm³/mol. The van der Waals surface area contributed by atoms with Gasteiger partial charge < -0.3 is 5.73 Å². The number of hydrogen-bond acceptors (Lipinski definition) is 1. The van der Waals surface area contributed by atoms with Gasteiger partial charge in [-0.3, -0.25) is 0 Å². The number of unbranched alkanes of at least 4 members (excludes halogenated alkanes) is 3. The second kappa shape index (κ2) is 7.73. The zero-order chi connectivity index (χ0) is 12.7. The molecule has 2 N–H and O–H groups in total. The lowest BCUT2D eigenvalue weighted by Crippen LogP contribution is -2.22. The number of rotatable bonds is 7. The van der Waals surface area contributed by atoms with E-state index in [2.05, 4.69) is 26.0 Å². The van der Waals surface area contributed by atoms with E-state index in [9.17, 15) is 0 Å². The molecule has 1 rings (SSSR count). The first-order valence-corrected chi connectivity index (χ1v) is 7.02. The van der Waals surface area contributed by atoms with Crippen molar-refractivity contribution in [2.24, 2.45) is 5.73 Å². The van der Waals surface area contributed by atoms with Crippen molar-refractivity contribution in [1.29, 1.82) is 0 Å². The van der Waals surface area contributed by atoms with E-state index in [0.717, 1.165) is 17.9 Å². The molecule has 0 fully saturated rings. The third-order valence-electron chi connectivity index (χ3n) is 3.12. The van der Waals surface area contributed by atoms with E-state index in [0.29, 0.717) is 0 Å². The smallest absolute Gasteiger partial charge is 0.0441 e. The fourth-order valence-corrected chi connectivity index (χ4v) is 2.35. The number of benzene rings is 1. The van der Waals surface area contributed by atoms with Crippen molar-refractivity contribution in [3.63, 3.8) is 0 Å². The van der Waals surface area contributed by atoms with Gasteiger partial charge in [-0.2, -0.15) is 0 Å². The Bertz CT molecular complexity index is 336. The van der Waals surface area contributed by atoms with Crippen LogP contribution >= 0.6 is 11.6 Å². The summed E-state index contributed by atoms with van der Waals surface area (Å²) in [6.07, 6.45) is 7.12. The van der Waals surface area contributed by atoms with Crippen LogP contribution in [0.25, 0.3) is 0 Å². The molecule has 17 heavy (non-hydrogen) atoms. The van der Waals surface area contributed by atoms with Crippen LogP contribution in [0.2, 0.25) is 5.02 Å². The summed E-state index contributed by atoms with van der Waals surface area (Å²) >= 11 is 6.20. The summed E-state index contributed by atoms with van der Waals surface area (Å²) < 4.78 is 0. The summed E-state index contributed by atoms with van der Waals surface area (Å²) in [5, 5.41) is 0.856. The first-order chi connectivity index (χ1) is 8.13. The van der Waals surface area contributed by atoms with E-state index < -0.39 is 0 Å². The average Bonchev–Trinajstić information content (AvgIpc) is 2.28. The molecule has 0 saturated heterocycles. The maximum absolute atomic E-state index is 6.20. The van der Waals surface area contributed by atoms with Crippen molar-refractivity contribution in [3.8, 4) is 0 Å². The van der Waals surface area contributed by atoms with Crippen LogP contribution in [0.4, 0.5) is 0 Å². The van der Waals surface area contributed by atoms with Crippen molar-refractivity contribution < 1.29 is 0 Å². The molecule has 0 radical (unpaired) electrons. The van der Waals surface area contributed by atoms with Gasteiger partial charge in [0.25, 0.3) is 0 Å². The molecule has 0 aromatic heterocycles. The Balaban J connectivity index is 2.37. The Kier molecular flexibility index (Phi) is 6.61. The summed E-state index contributed by atoms with van der Waals surface area (Å²) in [5.41, 5.74) is 8.52. The van der Waals surface area contributed by atoms with Crippen molar-refractivity contribution in [1.82, 2.24) is 0 Å². The minimum atomic E-state index is 0.243. The molecule has 0 aliphatic carbocycles. The zero-order valence-corrected chi connectivity index (χ0v) is 11.8. The molecule has 0 bridgehead atoms. The van der Waals surface area contributed by atoms with Gasteiger partial charge in [-0.15, -0.1) is 0 Å². The van der Waals surface area contributed by atoms with Gasteiger partial charge in [0.15, 0.2) is 0 Å². The van der Waals surface area contributed by atoms with Crippen LogP contribution in [-0.2, 0) is 6.42 Å². The molecule has 0 amide bonds. The van der Waals surface area contributed by atoms with Crippen LogP contribution in [0.15, 0.2) is 18.2 Å². The van der Waals surface area contributed by atoms with Gasteiger partial charge in [0.05, 0.1) is 0 Å². The standard InChI is InChI=1S/C15H24ClN/c1-3-4-5-6-7-14(17)11-13-9-8-12(2)10-15(13)16/h8-10,14H,3-7,11,17H2,1-2H3. The summed E-state index contributed by atoms with van der Waals surface area (Å²) in [4.78, 5) is 0. The number of nitrogens with two attached hydrogens (primary N) is 1.